The second-order valence-corrected chi connectivity index (χ2v) is 14.3. The number of aromatic nitrogens is 2. The summed E-state index contributed by atoms with van der Waals surface area (Å²) in [5, 5.41) is 26.8. The molecule has 1 aliphatic heterocycles. The number of hydrogen-bond donors (Lipinski definition) is 4. The van der Waals surface area contributed by atoms with E-state index in [1.165, 1.54) is 13.1 Å². The minimum Gasteiger partial charge on any atom is -0.461 e. The molecule has 2 aromatic carbocycles. The fraction of sp³-hybridized carbons (Fsp3) is 0.483. The Morgan fingerprint density at radius 1 is 1.19 bits per heavy atom. The normalized spacial score (nSPS) is 26.6. The highest BCUT2D eigenvalue weighted by molar-refractivity contribution is 8.09. The van der Waals surface area contributed by atoms with E-state index in [1.807, 2.05) is 36.4 Å². The standard InChI is InChI=1S/C29H36N3O9PS/c1-18(26(35)39-20-11-4-3-5-12-20)31-42(43,41-22-14-8-10-19-9-6-7-13-21(19)22)38-17-23-25(34)29(2,37)27(40-23)32-16-15-24(33)30-28(32)36/h6-10,13-16,18,20,23,25,27,34,37H,3-5,11-12,17H2,1-2H3,(H,31,43)(H,30,33,36)/t18?,23-,25-,27-,29-,42?/m1/s1. The molecule has 0 amide bonds. The van der Waals surface area contributed by atoms with Crippen LogP contribution in [0.5, 0.6) is 5.75 Å². The maximum absolute atomic E-state index is 13.0. The number of rotatable bonds is 10. The van der Waals surface area contributed by atoms with Gasteiger partial charge in [-0.15, -0.1) is 0 Å². The van der Waals surface area contributed by atoms with E-state index in [0.29, 0.717) is 5.75 Å². The van der Waals surface area contributed by atoms with E-state index in [1.54, 1.807) is 13.0 Å². The van der Waals surface area contributed by atoms with Gasteiger partial charge in [0.2, 0.25) is 0 Å². The number of H-pyrrole nitrogens is 1. The Hall–Kier alpha value is -2.90. The molecule has 2 heterocycles. The van der Waals surface area contributed by atoms with Crippen molar-refractivity contribution in [2.24, 2.45) is 0 Å². The number of esters is 1. The number of carbonyl (C=O) groups is 1. The summed E-state index contributed by atoms with van der Waals surface area (Å²) < 4.78 is 25.0. The van der Waals surface area contributed by atoms with Crippen LogP contribution in [-0.4, -0.2) is 62.3 Å². The zero-order valence-corrected chi connectivity index (χ0v) is 25.6. The quantitative estimate of drug-likeness (QED) is 0.192. The first-order chi connectivity index (χ1) is 20.5. The van der Waals surface area contributed by atoms with Crippen LogP contribution in [0, 0.1) is 0 Å². The number of nitrogens with zero attached hydrogens (tertiary/aromatic N) is 1. The van der Waals surface area contributed by atoms with E-state index in [4.69, 9.17) is 30.3 Å². The van der Waals surface area contributed by atoms with Crippen LogP contribution in [0.25, 0.3) is 10.8 Å². The number of ether oxygens (including phenoxy) is 2. The van der Waals surface area contributed by atoms with Crippen molar-refractivity contribution in [3.05, 3.63) is 75.6 Å². The van der Waals surface area contributed by atoms with Crippen molar-refractivity contribution < 1.29 is 33.5 Å². The van der Waals surface area contributed by atoms with Crippen molar-refractivity contribution in [3.8, 4) is 5.75 Å². The number of benzene rings is 2. The molecule has 2 aliphatic rings. The lowest BCUT2D eigenvalue weighted by atomic mass is 9.96. The van der Waals surface area contributed by atoms with Crippen LogP contribution in [-0.2, 0) is 30.6 Å². The maximum Gasteiger partial charge on any atom is 0.330 e. The molecule has 1 saturated heterocycles. The Balaban J connectivity index is 1.37. The summed E-state index contributed by atoms with van der Waals surface area (Å²) in [5.74, 6) is -0.0526. The van der Waals surface area contributed by atoms with Crippen molar-refractivity contribution >= 4 is 35.2 Å². The first kappa shape index (κ1) is 31.5. The lowest BCUT2D eigenvalue weighted by Crippen LogP contribution is -2.47. The highest BCUT2D eigenvalue weighted by atomic mass is 32.5. The number of fused-ring (bicyclic) bond motifs is 1. The molecule has 3 aromatic rings. The molecule has 0 spiro atoms. The number of aliphatic hydroxyl groups excluding tert-OH is 1. The summed E-state index contributed by atoms with van der Waals surface area (Å²) in [5.41, 5.74) is -3.37. The lowest BCUT2D eigenvalue weighted by Gasteiger charge is -2.29. The average molecular weight is 634 g/mol. The van der Waals surface area contributed by atoms with Crippen molar-refractivity contribution in [2.45, 2.75) is 82.1 Å². The largest absolute Gasteiger partial charge is 0.461 e. The molecule has 232 valence electrons. The van der Waals surface area contributed by atoms with E-state index in [9.17, 15) is 24.6 Å². The fourth-order valence-corrected chi connectivity index (χ4v) is 7.81. The van der Waals surface area contributed by atoms with E-state index < -0.39 is 53.9 Å². The Kier molecular flexibility index (Phi) is 9.52. The fourth-order valence-electron chi connectivity index (χ4n) is 5.40. The third kappa shape index (κ3) is 7.09. The number of aliphatic hydroxyl groups is 2. The van der Waals surface area contributed by atoms with E-state index >= 15 is 0 Å². The maximum atomic E-state index is 13.0. The van der Waals surface area contributed by atoms with E-state index in [-0.39, 0.29) is 12.7 Å². The van der Waals surface area contributed by atoms with Gasteiger partial charge in [0.25, 0.3) is 5.56 Å². The molecule has 0 bridgehead atoms. The minimum absolute atomic E-state index is 0.152. The molecule has 12 nitrogen and oxygen atoms in total. The van der Waals surface area contributed by atoms with Crippen LogP contribution >= 0.6 is 6.64 Å². The van der Waals surface area contributed by atoms with Gasteiger partial charge in [-0.2, -0.15) is 0 Å². The number of nitrogens with one attached hydrogen (secondary N) is 2. The molecular weight excluding hydrogens is 597 g/mol. The molecule has 0 radical (unpaired) electrons. The highest BCUT2D eigenvalue weighted by Gasteiger charge is 2.54. The van der Waals surface area contributed by atoms with Gasteiger partial charge in [0, 0.05) is 17.6 Å². The molecule has 2 fully saturated rings. The molecule has 2 unspecified atom stereocenters. The molecule has 4 N–H and O–H groups in total. The summed E-state index contributed by atoms with van der Waals surface area (Å²) in [6, 6.07) is 13.3. The first-order valence-electron chi connectivity index (χ1n) is 14.2. The third-order valence-electron chi connectivity index (χ3n) is 7.78. The minimum atomic E-state index is -3.54. The van der Waals surface area contributed by atoms with Crippen molar-refractivity contribution in [2.75, 3.05) is 6.61 Å². The highest BCUT2D eigenvalue weighted by Crippen LogP contribution is 2.48. The van der Waals surface area contributed by atoms with Gasteiger partial charge in [-0.3, -0.25) is 19.1 Å². The van der Waals surface area contributed by atoms with Gasteiger partial charge in [0.15, 0.2) is 6.23 Å². The predicted molar refractivity (Wildman–Crippen MR) is 162 cm³/mol. The van der Waals surface area contributed by atoms with Crippen LogP contribution in [0.2, 0.25) is 0 Å². The third-order valence-corrected chi connectivity index (χ3v) is 10.3. The van der Waals surface area contributed by atoms with Gasteiger partial charge in [0.1, 0.15) is 35.7 Å². The van der Waals surface area contributed by atoms with Gasteiger partial charge >= 0.3 is 18.3 Å². The number of aromatic amines is 1. The molecule has 1 saturated carbocycles. The van der Waals surface area contributed by atoms with Crippen molar-refractivity contribution in [1.29, 1.82) is 0 Å². The first-order valence-corrected chi connectivity index (χ1v) is 16.9. The topological polar surface area (TPSA) is 161 Å². The van der Waals surface area contributed by atoms with Crippen LogP contribution in [0.4, 0.5) is 0 Å². The van der Waals surface area contributed by atoms with Crippen LogP contribution in [0.1, 0.15) is 52.2 Å². The molecule has 6 atom stereocenters. The molecule has 1 aliphatic carbocycles. The molecule has 5 rings (SSSR count). The van der Waals surface area contributed by atoms with Gasteiger partial charge < -0.3 is 28.7 Å². The van der Waals surface area contributed by atoms with Crippen molar-refractivity contribution in [1.82, 2.24) is 14.6 Å². The molecule has 1 aromatic heterocycles. The second-order valence-electron chi connectivity index (χ2n) is 11.1. The van der Waals surface area contributed by atoms with Gasteiger partial charge in [-0.1, -0.05) is 42.8 Å². The Morgan fingerprint density at radius 2 is 1.91 bits per heavy atom. The Morgan fingerprint density at radius 3 is 2.65 bits per heavy atom. The number of hydrogen-bond acceptors (Lipinski definition) is 10. The van der Waals surface area contributed by atoms with E-state index in [2.05, 4.69) is 10.1 Å². The van der Waals surface area contributed by atoms with Crippen molar-refractivity contribution in [3.63, 3.8) is 0 Å². The zero-order valence-electron chi connectivity index (χ0n) is 23.9. The summed E-state index contributed by atoms with van der Waals surface area (Å²) in [4.78, 5) is 39.1. The van der Waals surface area contributed by atoms with Gasteiger partial charge in [0.05, 0.1) is 6.61 Å². The van der Waals surface area contributed by atoms with E-state index in [0.717, 1.165) is 53.5 Å². The molecule has 43 heavy (non-hydrogen) atoms. The summed E-state index contributed by atoms with van der Waals surface area (Å²) in [6.07, 6.45) is 1.78. The average Bonchev–Trinajstić information content (AvgIpc) is 3.20. The summed E-state index contributed by atoms with van der Waals surface area (Å²) in [7, 11) is 0. The predicted octanol–water partition coefficient (Wildman–Crippen LogP) is 2.87. The SMILES string of the molecule is CC(NP(=S)(OC[C@H]1O[C@@H](n2ccc(=O)[nH]c2=O)[C@](C)(O)[C@@H]1O)Oc1cccc2ccccc12)C(=O)OC1CCCCC1. The van der Waals surface area contributed by atoms with Crippen LogP contribution in [0.3, 0.4) is 0 Å². The Labute approximate surface area is 253 Å². The Bertz CT molecular complexity index is 1610. The second kappa shape index (κ2) is 13.0. The molecule has 14 heteroatoms. The lowest BCUT2D eigenvalue weighted by molar-refractivity contribution is -0.152. The monoisotopic (exact) mass is 633 g/mol. The molecular formula is C29H36N3O9PS. The number of carbonyl (C=O) groups excluding carboxylic acids is 1. The summed E-state index contributed by atoms with van der Waals surface area (Å²) >= 11 is 5.89. The van der Waals surface area contributed by atoms with Gasteiger partial charge in [-0.25, -0.2) is 9.88 Å². The van der Waals surface area contributed by atoms with Crippen LogP contribution < -0.4 is 20.9 Å². The van der Waals surface area contributed by atoms with Crippen LogP contribution in [0.15, 0.2) is 64.3 Å². The summed E-state index contributed by atoms with van der Waals surface area (Å²) in [6.45, 7) is -0.972. The smallest absolute Gasteiger partial charge is 0.330 e. The zero-order chi connectivity index (χ0) is 30.8. The van der Waals surface area contributed by atoms with Gasteiger partial charge in [-0.05, 0) is 62.8 Å².